The van der Waals surface area contributed by atoms with Gasteiger partial charge in [0, 0.05) is 9.13 Å². The highest BCUT2D eigenvalue weighted by Gasteiger charge is 2.14. The molecule has 1 unspecified atom stereocenters. The minimum Gasteiger partial charge on any atom is -0.419 e. The van der Waals surface area contributed by atoms with Crippen molar-refractivity contribution in [1.29, 1.82) is 0 Å². The molecule has 1 N–H and O–H groups in total. The standard InChI is InChI=1S/C12H13ClIN3O/c1-3-15-7(2)11-16-17-12(18-11)8-4-5-10(14)9(13)6-8/h4-7,15H,3H2,1-2H3. The van der Waals surface area contributed by atoms with E-state index in [1.807, 2.05) is 32.0 Å². The van der Waals surface area contributed by atoms with Gasteiger partial charge in [0.05, 0.1) is 11.1 Å². The predicted octanol–water partition coefficient (Wildman–Crippen LogP) is 3.67. The number of nitrogens with zero attached hydrogens (tertiary/aromatic N) is 2. The van der Waals surface area contributed by atoms with Crippen LogP contribution < -0.4 is 5.32 Å². The van der Waals surface area contributed by atoms with Crippen LogP contribution in [0.15, 0.2) is 22.6 Å². The molecular weight excluding hydrogens is 365 g/mol. The lowest BCUT2D eigenvalue weighted by atomic mass is 10.2. The molecule has 1 aromatic carbocycles. The van der Waals surface area contributed by atoms with Gasteiger partial charge in [0.2, 0.25) is 11.8 Å². The molecule has 1 heterocycles. The molecule has 0 radical (unpaired) electrons. The van der Waals surface area contributed by atoms with E-state index in [9.17, 15) is 0 Å². The fourth-order valence-corrected chi connectivity index (χ4v) is 2.06. The number of benzene rings is 1. The molecule has 0 saturated carbocycles. The molecule has 0 aliphatic carbocycles. The molecular formula is C12H13ClIN3O. The topological polar surface area (TPSA) is 51.0 Å². The van der Waals surface area contributed by atoms with E-state index in [1.165, 1.54) is 0 Å². The molecule has 0 aliphatic heterocycles. The van der Waals surface area contributed by atoms with Crippen molar-refractivity contribution in [3.05, 3.63) is 32.7 Å². The number of halogens is 2. The van der Waals surface area contributed by atoms with Crippen LogP contribution in [0, 0.1) is 3.57 Å². The summed E-state index contributed by atoms with van der Waals surface area (Å²) in [5.41, 5.74) is 0.836. The molecule has 0 aliphatic rings. The summed E-state index contributed by atoms with van der Waals surface area (Å²) in [7, 11) is 0. The maximum Gasteiger partial charge on any atom is 0.247 e. The van der Waals surface area contributed by atoms with Gasteiger partial charge in [0.15, 0.2) is 0 Å². The van der Waals surface area contributed by atoms with Gasteiger partial charge in [-0.25, -0.2) is 0 Å². The van der Waals surface area contributed by atoms with Gasteiger partial charge in [-0.1, -0.05) is 18.5 Å². The second kappa shape index (κ2) is 5.99. The maximum atomic E-state index is 6.07. The average Bonchev–Trinajstić information content (AvgIpc) is 2.82. The third kappa shape index (κ3) is 3.02. The minimum absolute atomic E-state index is 0.0515. The fraction of sp³-hybridized carbons (Fsp3) is 0.333. The number of hydrogen-bond acceptors (Lipinski definition) is 4. The van der Waals surface area contributed by atoms with E-state index in [2.05, 4.69) is 38.1 Å². The Hall–Kier alpha value is -0.660. The van der Waals surface area contributed by atoms with Gasteiger partial charge >= 0.3 is 0 Å². The number of rotatable bonds is 4. The van der Waals surface area contributed by atoms with E-state index in [-0.39, 0.29) is 6.04 Å². The molecule has 0 amide bonds. The summed E-state index contributed by atoms with van der Waals surface area (Å²) < 4.78 is 6.63. The second-order valence-electron chi connectivity index (χ2n) is 3.85. The van der Waals surface area contributed by atoms with E-state index in [0.29, 0.717) is 16.8 Å². The quantitative estimate of drug-likeness (QED) is 0.826. The summed E-state index contributed by atoms with van der Waals surface area (Å²) in [6, 6.07) is 5.73. The van der Waals surface area contributed by atoms with Crippen molar-refractivity contribution in [2.24, 2.45) is 0 Å². The molecule has 6 heteroatoms. The first-order valence-corrected chi connectivity index (χ1v) is 7.09. The second-order valence-corrected chi connectivity index (χ2v) is 5.42. The third-order valence-corrected chi connectivity index (χ3v) is 4.06. The van der Waals surface area contributed by atoms with Crippen molar-refractivity contribution in [3.8, 4) is 11.5 Å². The Morgan fingerprint density at radius 1 is 1.44 bits per heavy atom. The zero-order chi connectivity index (χ0) is 13.1. The van der Waals surface area contributed by atoms with E-state index in [1.54, 1.807) is 0 Å². The molecule has 0 fully saturated rings. The Bertz CT molecular complexity index is 544. The highest BCUT2D eigenvalue weighted by Crippen LogP contribution is 2.26. The van der Waals surface area contributed by atoms with Gasteiger partial charge in [0.25, 0.3) is 0 Å². The Labute approximate surface area is 124 Å². The van der Waals surface area contributed by atoms with Gasteiger partial charge in [-0.2, -0.15) is 0 Å². The maximum absolute atomic E-state index is 6.07. The van der Waals surface area contributed by atoms with E-state index >= 15 is 0 Å². The smallest absolute Gasteiger partial charge is 0.247 e. The molecule has 96 valence electrons. The van der Waals surface area contributed by atoms with Crippen molar-refractivity contribution >= 4 is 34.2 Å². The molecule has 0 bridgehead atoms. The lowest BCUT2D eigenvalue weighted by molar-refractivity contribution is 0.429. The summed E-state index contributed by atoms with van der Waals surface area (Å²) in [4.78, 5) is 0. The van der Waals surface area contributed by atoms with Crippen LogP contribution in [0.25, 0.3) is 11.5 Å². The first kappa shape index (κ1) is 13.8. The van der Waals surface area contributed by atoms with Crippen molar-refractivity contribution in [1.82, 2.24) is 15.5 Å². The fourth-order valence-electron chi connectivity index (χ4n) is 1.55. The van der Waals surface area contributed by atoms with Crippen molar-refractivity contribution in [2.45, 2.75) is 19.9 Å². The van der Waals surface area contributed by atoms with Gasteiger partial charge in [0.1, 0.15) is 0 Å². The summed E-state index contributed by atoms with van der Waals surface area (Å²) in [6.07, 6.45) is 0. The van der Waals surface area contributed by atoms with Gasteiger partial charge in [-0.3, -0.25) is 0 Å². The van der Waals surface area contributed by atoms with Crippen molar-refractivity contribution in [3.63, 3.8) is 0 Å². The van der Waals surface area contributed by atoms with E-state index in [4.69, 9.17) is 16.0 Å². The molecule has 2 aromatic rings. The monoisotopic (exact) mass is 377 g/mol. The first-order chi connectivity index (χ1) is 8.61. The molecule has 18 heavy (non-hydrogen) atoms. The summed E-state index contributed by atoms with van der Waals surface area (Å²) in [6.45, 7) is 4.88. The summed E-state index contributed by atoms with van der Waals surface area (Å²) >= 11 is 8.25. The minimum atomic E-state index is 0.0515. The van der Waals surface area contributed by atoms with Gasteiger partial charge in [-0.15, -0.1) is 10.2 Å². The lowest BCUT2D eigenvalue weighted by Crippen LogP contribution is -2.17. The van der Waals surface area contributed by atoms with Crippen molar-refractivity contribution < 1.29 is 4.42 Å². The molecule has 0 spiro atoms. The first-order valence-electron chi connectivity index (χ1n) is 5.64. The molecule has 1 atom stereocenters. The highest BCUT2D eigenvalue weighted by molar-refractivity contribution is 14.1. The predicted molar refractivity (Wildman–Crippen MR) is 79.6 cm³/mol. The van der Waals surface area contributed by atoms with E-state index < -0.39 is 0 Å². The van der Waals surface area contributed by atoms with Crippen LogP contribution in [0.2, 0.25) is 5.02 Å². The number of nitrogens with one attached hydrogen (secondary N) is 1. The van der Waals surface area contributed by atoms with Crippen molar-refractivity contribution in [2.75, 3.05) is 6.54 Å². The van der Waals surface area contributed by atoms with Crippen LogP contribution in [-0.2, 0) is 0 Å². The Morgan fingerprint density at radius 3 is 2.89 bits per heavy atom. The van der Waals surface area contributed by atoms with Crippen LogP contribution in [0.3, 0.4) is 0 Å². The van der Waals surface area contributed by atoms with Crippen LogP contribution in [0.1, 0.15) is 25.8 Å². The van der Waals surface area contributed by atoms with Crippen LogP contribution in [-0.4, -0.2) is 16.7 Å². The molecule has 0 saturated heterocycles. The van der Waals surface area contributed by atoms with Crippen LogP contribution >= 0.6 is 34.2 Å². The lowest BCUT2D eigenvalue weighted by Gasteiger charge is -2.05. The SMILES string of the molecule is CCNC(C)c1nnc(-c2ccc(I)c(Cl)c2)o1. The zero-order valence-corrected chi connectivity index (χ0v) is 13.0. The number of hydrogen-bond donors (Lipinski definition) is 1. The van der Waals surface area contributed by atoms with Crippen LogP contribution in [0.5, 0.6) is 0 Å². The third-order valence-electron chi connectivity index (χ3n) is 2.49. The average molecular weight is 378 g/mol. The van der Waals surface area contributed by atoms with Crippen LogP contribution in [0.4, 0.5) is 0 Å². The molecule has 1 aromatic heterocycles. The molecule has 4 nitrogen and oxygen atoms in total. The zero-order valence-electron chi connectivity index (χ0n) is 10.1. The van der Waals surface area contributed by atoms with E-state index in [0.717, 1.165) is 15.7 Å². The Morgan fingerprint density at radius 2 is 2.22 bits per heavy atom. The largest absolute Gasteiger partial charge is 0.419 e. The molecule has 2 rings (SSSR count). The number of aromatic nitrogens is 2. The highest BCUT2D eigenvalue weighted by atomic mass is 127. The Kier molecular flexibility index (Phi) is 4.58. The summed E-state index contributed by atoms with van der Waals surface area (Å²) in [5.74, 6) is 1.08. The Balaban J connectivity index is 2.26. The normalized spacial score (nSPS) is 12.7. The summed E-state index contributed by atoms with van der Waals surface area (Å²) in [5, 5.41) is 12.0. The van der Waals surface area contributed by atoms with Gasteiger partial charge in [-0.05, 0) is 54.3 Å². The van der Waals surface area contributed by atoms with Gasteiger partial charge < -0.3 is 9.73 Å².